The Morgan fingerprint density at radius 3 is 2.43 bits per heavy atom. The van der Waals surface area contributed by atoms with Gasteiger partial charge in [0.05, 0.1) is 5.57 Å². The number of aliphatic carboxylic acids is 2. The number of rotatable bonds is 3. The topological polar surface area (TPSA) is 113 Å². The molecule has 0 radical (unpaired) electrons. The number of carbonyl (C=O) groups is 2. The predicted molar refractivity (Wildman–Crippen MR) is 78.2 cm³/mol. The largest absolute Gasteiger partial charge is 0.481 e. The lowest BCUT2D eigenvalue weighted by Crippen LogP contribution is -2.34. The van der Waals surface area contributed by atoms with Crippen molar-refractivity contribution in [1.29, 1.82) is 0 Å². The van der Waals surface area contributed by atoms with Crippen LogP contribution in [0, 0.1) is 5.92 Å². The van der Waals surface area contributed by atoms with E-state index in [0.29, 0.717) is 22.7 Å². The summed E-state index contributed by atoms with van der Waals surface area (Å²) in [6, 6.07) is 6.64. The Hall–Kier alpha value is -2.63. The van der Waals surface area contributed by atoms with Crippen molar-refractivity contribution in [3.05, 3.63) is 41.1 Å². The first-order valence-electron chi connectivity index (χ1n) is 6.40. The maximum Gasteiger partial charge on any atom is 0.334 e. The van der Waals surface area contributed by atoms with E-state index in [2.05, 4.69) is 4.99 Å². The van der Waals surface area contributed by atoms with Crippen molar-refractivity contribution in [2.24, 2.45) is 10.9 Å². The molecular formula is C15H16N2O4. The van der Waals surface area contributed by atoms with Crippen LogP contribution in [0.15, 0.2) is 40.5 Å². The number of aliphatic imine (C=N–C) groups is 1. The number of nitrogen functional groups attached to an aromatic ring is 1. The van der Waals surface area contributed by atoms with Gasteiger partial charge in [-0.25, -0.2) is 4.79 Å². The van der Waals surface area contributed by atoms with Gasteiger partial charge in [0.25, 0.3) is 0 Å². The molecule has 1 heterocycles. The molecule has 0 fully saturated rings. The molecule has 1 aliphatic heterocycles. The van der Waals surface area contributed by atoms with Crippen LogP contribution < -0.4 is 5.73 Å². The molecule has 0 amide bonds. The summed E-state index contributed by atoms with van der Waals surface area (Å²) >= 11 is 0. The molecule has 21 heavy (non-hydrogen) atoms. The summed E-state index contributed by atoms with van der Waals surface area (Å²) in [6.07, 6.45) is 0. The lowest BCUT2D eigenvalue weighted by Gasteiger charge is -2.29. The van der Waals surface area contributed by atoms with E-state index in [4.69, 9.17) is 5.73 Å². The third-order valence-electron chi connectivity index (χ3n) is 3.59. The van der Waals surface area contributed by atoms with Crippen molar-refractivity contribution in [1.82, 2.24) is 0 Å². The molecular weight excluding hydrogens is 272 g/mol. The minimum absolute atomic E-state index is 0.00130. The normalized spacial score (nSPS) is 21.9. The second kappa shape index (κ2) is 5.40. The minimum Gasteiger partial charge on any atom is -0.481 e. The molecule has 0 saturated carbocycles. The second-order valence-corrected chi connectivity index (χ2v) is 5.02. The third kappa shape index (κ3) is 2.65. The molecule has 110 valence electrons. The Balaban J connectivity index is 2.68. The van der Waals surface area contributed by atoms with Gasteiger partial charge in [-0.05, 0) is 31.5 Å². The first-order chi connectivity index (χ1) is 9.82. The Morgan fingerprint density at radius 2 is 1.90 bits per heavy atom. The summed E-state index contributed by atoms with van der Waals surface area (Å²) in [5, 5.41) is 18.9. The SMILES string of the molecule is CC1=NC(C)=C(C(=O)O)C(c2cccc(N)c2)C1C(=O)O. The smallest absolute Gasteiger partial charge is 0.334 e. The number of nitrogens with two attached hydrogens (primary N) is 1. The van der Waals surface area contributed by atoms with Gasteiger partial charge < -0.3 is 15.9 Å². The molecule has 0 aliphatic carbocycles. The van der Waals surface area contributed by atoms with Gasteiger partial charge in [-0.1, -0.05) is 12.1 Å². The van der Waals surface area contributed by atoms with Gasteiger partial charge in [-0.2, -0.15) is 0 Å². The fourth-order valence-corrected chi connectivity index (χ4v) is 2.75. The summed E-state index contributed by atoms with van der Waals surface area (Å²) in [6.45, 7) is 3.17. The molecule has 1 aromatic carbocycles. The van der Waals surface area contributed by atoms with Crippen molar-refractivity contribution in [3.8, 4) is 0 Å². The van der Waals surface area contributed by atoms with E-state index in [-0.39, 0.29) is 5.57 Å². The van der Waals surface area contributed by atoms with Gasteiger partial charge in [0.2, 0.25) is 0 Å². The van der Waals surface area contributed by atoms with Crippen LogP contribution in [0.2, 0.25) is 0 Å². The molecule has 1 aromatic rings. The van der Waals surface area contributed by atoms with Crippen molar-refractivity contribution in [2.75, 3.05) is 5.73 Å². The summed E-state index contributed by atoms with van der Waals surface area (Å²) in [4.78, 5) is 27.2. The highest BCUT2D eigenvalue weighted by Gasteiger charge is 2.40. The third-order valence-corrected chi connectivity index (χ3v) is 3.59. The van der Waals surface area contributed by atoms with Crippen LogP contribution in [0.3, 0.4) is 0 Å². The highest BCUT2D eigenvalue weighted by molar-refractivity contribution is 6.06. The van der Waals surface area contributed by atoms with Crippen LogP contribution in [-0.4, -0.2) is 27.9 Å². The monoisotopic (exact) mass is 288 g/mol. The summed E-state index contributed by atoms with van der Waals surface area (Å²) in [5.41, 5.74) is 7.47. The average molecular weight is 288 g/mol. The summed E-state index contributed by atoms with van der Waals surface area (Å²) < 4.78 is 0. The highest BCUT2D eigenvalue weighted by Crippen LogP contribution is 2.39. The number of nitrogens with zero attached hydrogens (tertiary/aromatic N) is 1. The van der Waals surface area contributed by atoms with E-state index < -0.39 is 23.8 Å². The van der Waals surface area contributed by atoms with Gasteiger partial charge in [-0.3, -0.25) is 9.79 Å². The molecule has 0 aromatic heterocycles. The van der Waals surface area contributed by atoms with E-state index >= 15 is 0 Å². The quantitative estimate of drug-likeness (QED) is 0.735. The van der Waals surface area contributed by atoms with Crippen molar-refractivity contribution < 1.29 is 19.8 Å². The van der Waals surface area contributed by atoms with Gasteiger partial charge in [0.15, 0.2) is 0 Å². The molecule has 4 N–H and O–H groups in total. The molecule has 0 saturated heterocycles. The lowest BCUT2D eigenvalue weighted by atomic mass is 9.75. The van der Waals surface area contributed by atoms with Gasteiger partial charge in [0.1, 0.15) is 5.92 Å². The molecule has 6 nitrogen and oxygen atoms in total. The first-order valence-corrected chi connectivity index (χ1v) is 6.40. The maximum absolute atomic E-state index is 11.6. The van der Waals surface area contributed by atoms with Crippen LogP contribution in [0.5, 0.6) is 0 Å². The van der Waals surface area contributed by atoms with Crippen LogP contribution in [0.4, 0.5) is 5.69 Å². The fourth-order valence-electron chi connectivity index (χ4n) is 2.75. The number of carboxylic acid groups (broad SMARTS) is 2. The number of hydrogen-bond acceptors (Lipinski definition) is 4. The number of hydrogen-bond donors (Lipinski definition) is 3. The average Bonchev–Trinajstić information content (AvgIpc) is 2.36. The van der Waals surface area contributed by atoms with E-state index in [1.807, 2.05) is 0 Å². The molecule has 1 aliphatic rings. The van der Waals surface area contributed by atoms with Crippen LogP contribution in [-0.2, 0) is 9.59 Å². The molecule has 2 unspecified atom stereocenters. The highest BCUT2D eigenvalue weighted by atomic mass is 16.4. The van der Waals surface area contributed by atoms with Crippen LogP contribution in [0.25, 0.3) is 0 Å². The summed E-state index contributed by atoms with van der Waals surface area (Å²) in [7, 11) is 0. The lowest BCUT2D eigenvalue weighted by molar-refractivity contribution is -0.140. The minimum atomic E-state index is -1.16. The molecule has 0 spiro atoms. The number of carboxylic acids is 2. The standard InChI is InChI=1S/C15H16N2O4/c1-7-11(14(18)19)13(9-4-3-5-10(16)6-9)12(15(20)21)8(2)17-7/h3-6,11,13H,16H2,1-2H3,(H,18,19)(H,20,21). The van der Waals surface area contributed by atoms with Gasteiger partial charge in [-0.15, -0.1) is 0 Å². The molecule has 2 atom stereocenters. The molecule has 2 rings (SSSR count). The zero-order valence-corrected chi connectivity index (χ0v) is 11.7. The second-order valence-electron chi connectivity index (χ2n) is 5.02. The fraction of sp³-hybridized carbons (Fsp3) is 0.267. The van der Waals surface area contributed by atoms with E-state index in [0.717, 1.165) is 0 Å². The predicted octanol–water partition coefficient (Wildman–Crippen LogP) is 1.89. The Bertz CT molecular complexity index is 676. The van der Waals surface area contributed by atoms with Crippen molar-refractivity contribution in [3.63, 3.8) is 0 Å². The maximum atomic E-state index is 11.6. The van der Waals surface area contributed by atoms with Crippen LogP contribution >= 0.6 is 0 Å². The summed E-state index contributed by atoms with van der Waals surface area (Å²) in [5.74, 6) is -4.08. The Labute approximate surface area is 121 Å². The number of anilines is 1. The van der Waals surface area contributed by atoms with Gasteiger partial charge >= 0.3 is 11.9 Å². The van der Waals surface area contributed by atoms with E-state index in [1.165, 1.54) is 0 Å². The first kappa shape index (κ1) is 14.8. The Kier molecular flexibility index (Phi) is 3.80. The zero-order valence-electron chi connectivity index (χ0n) is 11.7. The Morgan fingerprint density at radius 1 is 1.24 bits per heavy atom. The molecule has 0 bridgehead atoms. The number of allylic oxidation sites excluding steroid dienone is 1. The van der Waals surface area contributed by atoms with Gasteiger partial charge in [0, 0.05) is 23.0 Å². The molecule has 6 heteroatoms. The van der Waals surface area contributed by atoms with Crippen molar-refractivity contribution in [2.45, 2.75) is 19.8 Å². The number of benzene rings is 1. The van der Waals surface area contributed by atoms with Crippen molar-refractivity contribution >= 4 is 23.3 Å². The van der Waals surface area contributed by atoms with Crippen LogP contribution in [0.1, 0.15) is 25.3 Å². The van der Waals surface area contributed by atoms with E-state index in [9.17, 15) is 19.8 Å². The van der Waals surface area contributed by atoms with E-state index in [1.54, 1.807) is 38.1 Å². The zero-order chi connectivity index (χ0) is 15.7.